The quantitative estimate of drug-likeness (QED) is 0.808. The maximum Gasteiger partial charge on any atom is 0.305 e. The molecule has 2 rings (SSSR count). The fourth-order valence-corrected chi connectivity index (χ4v) is 2.83. The Bertz CT molecular complexity index is 485. The van der Waals surface area contributed by atoms with Crippen molar-refractivity contribution in [1.82, 2.24) is 0 Å². The molecule has 1 aliphatic rings. The highest BCUT2D eigenvalue weighted by molar-refractivity contribution is 5.69. The summed E-state index contributed by atoms with van der Waals surface area (Å²) in [5.74, 6) is 0.757. The first-order valence-electron chi connectivity index (χ1n) is 7.24. The van der Waals surface area contributed by atoms with Crippen LogP contribution in [0.1, 0.15) is 36.5 Å². The van der Waals surface area contributed by atoms with Crippen LogP contribution in [0.15, 0.2) is 12.1 Å². The van der Waals surface area contributed by atoms with E-state index in [0.717, 1.165) is 31.4 Å². The third kappa shape index (κ3) is 3.51. The number of nitrogens with two attached hydrogens (primary N) is 1. The fourth-order valence-electron chi connectivity index (χ4n) is 2.83. The van der Waals surface area contributed by atoms with Gasteiger partial charge in [-0.15, -0.1) is 0 Å². The molecular weight excluding hydrogens is 254 g/mol. The normalized spacial score (nSPS) is 16.9. The lowest BCUT2D eigenvalue weighted by molar-refractivity contribution is -0.140. The van der Waals surface area contributed by atoms with E-state index in [9.17, 15) is 4.79 Å². The largest absolute Gasteiger partial charge is 0.494 e. The molecular formula is C16H23NO3. The van der Waals surface area contributed by atoms with E-state index in [0.29, 0.717) is 13.0 Å². The van der Waals surface area contributed by atoms with Crippen molar-refractivity contribution in [3.63, 3.8) is 0 Å². The summed E-state index contributed by atoms with van der Waals surface area (Å²) in [6.07, 6.45) is 3.96. The van der Waals surface area contributed by atoms with Crippen LogP contribution in [0.25, 0.3) is 0 Å². The van der Waals surface area contributed by atoms with Gasteiger partial charge in [-0.2, -0.15) is 0 Å². The SMILES string of the molecule is CCOc1cc(CCCC(=O)OC)c2c(c1)CC(N)C2. The number of benzene rings is 1. The predicted octanol–water partition coefficient (Wildman–Crippen LogP) is 2.01. The van der Waals surface area contributed by atoms with Crippen molar-refractivity contribution in [2.24, 2.45) is 5.73 Å². The molecule has 0 fully saturated rings. The standard InChI is InChI=1S/C16H23NO3/c1-3-20-14-8-11(5-4-6-16(18)19-2)15-10-13(17)7-12(15)9-14/h8-9,13H,3-7,10,17H2,1-2H3. The summed E-state index contributed by atoms with van der Waals surface area (Å²) in [6.45, 7) is 2.64. The van der Waals surface area contributed by atoms with Gasteiger partial charge in [-0.05, 0) is 61.4 Å². The minimum atomic E-state index is -0.153. The topological polar surface area (TPSA) is 61.5 Å². The molecule has 4 heteroatoms. The van der Waals surface area contributed by atoms with Crippen molar-refractivity contribution < 1.29 is 14.3 Å². The Labute approximate surface area is 120 Å². The lowest BCUT2D eigenvalue weighted by atomic mass is 9.98. The molecule has 20 heavy (non-hydrogen) atoms. The van der Waals surface area contributed by atoms with Gasteiger partial charge in [-0.25, -0.2) is 0 Å². The van der Waals surface area contributed by atoms with Crippen LogP contribution in [0.3, 0.4) is 0 Å². The Kier molecular flexibility index (Phi) is 5.01. The van der Waals surface area contributed by atoms with Crippen LogP contribution in [0, 0.1) is 0 Å². The van der Waals surface area contributed by atoms with Crippen LogP contribution in [-0.4, -0.2) is 25.7 Å². The summed E-state index contributed by atoms with van der Waals surface area (Å²) in [6, 6.07) is 4.41. The van der Waals surface area contributed by atoms with E-state index < -0.39 is 0 Å². The summed E-state index contributed by atoms with van der Waals surface area (Å²) in [5, 5.41) is 0. The molecule has 1 aromatic carbocycles. The van der Waals surface area contributed by atoms with E-state index >= 15 is 0 Å². The minimum Gasteiger partial charge on any atom is -0.494 e. The highest BCUT2D eigenvalue weighted by atomic mass is 16.5. The molecule has 0 aliphatic heterocycles. The van der Waals surface area contributed by atoms with E-state index in [-0.39, 0.29) is 12.0 Å². The van der Waals surface area contributed by atoms with Gasteiger partial charge in [0.15, 0.2) is 0 Å². The fraction of sp³-hybridized carbons (Fsp3) is 0.562. The number of carbonyl (C=O) groups is 1. The predicted molar refractivity (Wildman–Crippen MR) is 77.9 cm³/mol. The van der Waals surface area contributed by atoms with Gasteiger partial charge >= 0.3 is 5.97 Å². The van der Waals surface area contributed by atoms with Crippen molar-refractivity contribution in [2.75, 3.05) is 13.7 Å². The zero-order valence-electron chi connectivity index (χ0n) is 12.3. The van der Waals surface area contributed by atoms with Crippen molar-refractivity contribution in [3.8, 4) is 5.75 Å². The molecule has 0 radical (unpaired) electrons. The number of ether oxygens (including phenoxy) is 2. The second kappa shape index (κ2) is 6.75. The maximum atomic E-state index is 11.2. The molecule has 0 saturated heterocycles. The third-order valence-electron chi connectivity index (χ3n) is 3.72. The second-order valence-corrected chi connectivity index (χ2v) is 5.25. The molecule has 2 N–H and O–H groups in total. The molecule has 1 aromatic rings. The Balaban J connectivity index is 2.12. The Morgan fingerprint density at radius 1 is 1.40 bits per heavy atom. The van der Waals surface area contributed by atoms with Crippen LogP contribution < -0.4 is 10.5 Å². The number of rotatable bonds is 6. The van der Waals surface area contributed by atoms with Crippen molar-refractivity contribution >= 4 is 5.97 Å². The van der Waals surface area contributed by atoms with Crippen LogP contribution in [0.4, 0.5) is 0 Å². The monoisotopic (exact) mass is 277 g/mol. The van der Waals surface area contributed by atoms with Crippen LogP contribution in [-0.2, 0) is 28.8 Å². The van der Waals surface area contributed by atoms with Crippen molar-refractivity contribution in [2.45, 2.75) is 45.1 Å². The molecule has 0 aromatic heterocycles. The molecule has 0 heterocycles. The molecule has 1 aliphatic carbocycles. The third-order valence-corrected chi connectivity index (χ3v) is 3.72. The number of carbonyl (C=O) groups excluding carboxylic acids is 1. The van der Waals surface area contributed by atoms with E-state index in [2.05, 4.69) is 16.9 Å². The molecule has 1 unspecified atom stereocenters. The summed E-state index contributed by atoms with van der Waals surface area (Å²) in [5.41, 5.74) is 9.98. The number of fused-ring (bicyclic) bond motifs is 1. The van der Waals surface area contributed by atoms with Gasteiger partial charge in [-0.1, -0.05) is 0 Å². The number of hydrogen-bond donors (Lipinski definition) is 1. The number of methoxy groups -OCH3 is 1. The van der Waals surface area contributed by atoms with Gasteiger partial charge in [0.1, 0.15) is 5.75 Å². The zero-order valence-corrected chi connectivity index (χ0v) is 12.3. The Morgan fingerprint density at radius 3 is 2.90 bits per heavy atom. The average molecular weight is 277 g/mol. The Morgan fingerprint density at radius 2 is 2.20 bits per heavy atom. The van der Waals surface area contributed by atoms with Crippen LogP contribution in [0.2, 0.25) is 0 Å². The highest BCUT2D eigenvalue weighted by Gasteiger charge is 2.22. The maximum absolute atomic E-state index is 11.2. The molecule has 0 spiro atoms. The van der Waals surface area contributed by atoms with Crippen molar-refractivity contribution in [1.29, 1.82) is 0 Å². The first-order valence-corrected chi connectivity index (χ1v) is 7.24. The van der Waals surface area contributed by atoms with Gasteiger partial charge < -0.3 is 15.2 Å². The second-order valence-electron chi connectivity index (χ2n) is 5.25. The lowest BCUT2D eigenvalue weighted by Crippen LogP contribution is -2.19. The molecule has 4 nitrogen and oxygen atoms in total. The first kappa shape index (κ1) is 14.9. The molecule has 0 bridgehead atoms. The van der Waals surface area contributed by atoms with Gasteiger partial charge in [0.2, 0.25) is 0 Å². The highest BCUT2D eigenvalue weighted by Crippen LogP contribution is 2.30. The summed E-state index contributed by atoms with van der Waals surface area (Å²) >= 11 is 0. The summed E-state index contributed by atoms with van der Waals surface area (Å²) < 4.78 is 10.3. The molecule has 0 saturated carbocycles. The van der Waals surface area contributed by atoms with Gasteiger partial charge in [-0.3, -0.25) is 4.79 Å². The van der Waals surface area contributed by atoms with Crippen molar-refractivity contribution in [3.05, 3.63) is 28.8 Å². The molecule has 0 amide bonds. The number of hydrogen-bond acceptors (Lipinski definition) is 4. The van der Waals surface area contributed by atoms with Gasteiger partial charge in [0, 0.05) is 12.5 Å². The first-order chi connectivity index (χ1) is 9.63. The van der Waals surface area contributed by atoms with Crippen LogP contribution in [0.5, 0.6) is 5.75 Å². The number of aryl methyl sites for hydroxylation is 1. The van der Waals surface area contributed by atoms with Gasteiger partial charge in [0.25, 0.3) is 0 Å². The average Bonchev–Trinajstić information content (AvgIpc) is 2.79. The van der Waals surface area contributed by atoms with Crippen LogP contribution >= 0.6 is 0 Å². The molecule has 110 valence electrons. The smallest absolute Gasteiger partial charge is 0.305 e. The minimum absolute atomic E-state index is 0.153. The summed E-state index contributed by atoms with van der Waals surface area (Å²) in [7, 11) is 1.43. The van der Waals surface area contributed by atoms with E-state index in [1.54, 1.807) is 0 Å². The molecule has 1 atom stereocenters. The Hall–Kier alpha value is -1.55. The van der Waals surface area contributed by atoms with E-state index in [1.165, 1.54) is 23.8 Å². The van der Waals surface area contributed by atoms with Gasteiger partial charge in [0.05, 0.1) is 13.7 Å². The number of esters is 1. The van der Waals surface area contributed by atoms with E-state index in [4.69, 9.17) is 10.5 Å². The summed E-state index contributed by atoms with van der Waals surface area (Å²) in [4.78, 5) is 11.2. The zero-order chi connectivity index (χ0) is 14.5. The lowest BCUT2D eigenvalue weighted by Gasteiger charge is -2.12. The van der Waals surface area contributed by atoms with E-state index in [1.807, 2.05) is 6.92 Å².